The van der Waals surface area contributed by atoms with Crippen LogP contribution in [0.3, 0.4) is 0 Å². The number of anilines is 1. The fourth-order valence-corrected chi connectivity index (χ4v) is 1.45. The molecule has 0 spiro atoms. The summed E-state index contributed by atoms with van der Waals surface area (Å²) in [7, 11) is 0. The Hall–Kier alpha value is -1.20. The standard InChI is InChI=1S/C9H12N4O.ClH/c1-6(14)12-9-11-5-7-4-10-3-2-8(7)13-9;/h5,10H,2-4H2,1H3,(H,11,12,13,14);1H. The van der Waals surface area contributed by atoms with E-state index in [1.54, 1.807) is 6.20 Å². The predicted molar refractivity (Wildman–Crippen MR) is 59.0 cm³/mol. The zero-order chi connectivity index (χ0) is 9.97. The van der Waals surface area contributed by atoms with Crippen molar-refractivity contribution in [2.24, 2.45) is 0 Å². The van der Waals surface area contributed by atoms with Gasteiger partial charge in [0, 0.05) is 38.2 Å². The number of nitrogens with zero attached hydrogens (tertiary/aromatic N) is 2. The van der Waals surface area contributed by atoms with Crippen molar-refractivity contribution in [3.05, 3.63) is 17.5 Å². The zero-order valence-corrected chi connectivity index (χ0v) is 9.23. The molecule has 5 nitrogen and oxygen atoms in total. The largest absolute Gasteiger partial charge is 0.312 e. The van der Waals surface area contributed by atoms with Gasteiger partial charge in [0.1, 0.15) is 0 Å². The van der Waals surface area contributed by atoms with Gasteiger partial charge in [-0.3, -0.25) is 10.1 Å². The number of nitrogens with one attached hydrogen (secondary N) is 2. The van der Waals surface area contributed by atoms with Crippen molar-refractivity contribution >= 4 is 24.3 Å². The summed E-state index contributed by atoms with van der Waals surface area (Å²) in [6.07, 6.45) is 2.66. The normalized spacial score (nSPS) is 13.7. The maximum absolute atomic E-state index is 10.8. The molecule has 1 aromatic heterocycles. The van der Waals surface area contributed by atoms with E-state index in [9.17, 15) is 4.79 Å². The van der Waals surface area contributed by atoms with E-state index in [1.165, 1.54) is 6.92 Å². The van der Waals surface area contributed by atoms with Crippen LogP contribution >= 0.6 is 12.4 Å². The average molecular weight is 229 g/mol. The Morgan fingerprint density at radius 1 is 1.60 bits per heavy atom. The molecule has 1 aromatic rings. The summed E-state index contributed by atoms with van der Waals surface area (Å²) in [5.74, 6) is 0.261. The van der Waals surface area contributed by atoms with Gasteiger partial charge in [-0.1, -0.05) is 0 Å². The molecule has 0 bridgehead atoms. The number of hydrogen-bond acceptors (Lipinski definition) is 4. The first-order valence-electron chi connectivity index (χ1n) is 4.59. The first-order valence-corrected chi connectivity index (χ1v) is 4.59. The highest BCUT2D eigenvalue weighted by Gasteiger charge is 2.11. The van der Waals surface area contributed by atoms with Gasteiger partial charge < -0.3 is 5.32 Å². The van der Waals surface area contributed by atoms with Crippen LogP contribution in [0.25, 0.3) is 0 Å². The van der Waals surface area contributed by atoms with Crippen LogP contribution in [0.5, 0.6) is 0 Å². The molecule has 0 saturated heterocycles. The van der Waals surface area contributed by atoms with Crippen LogP contribution < -0.4 is 10.6 Å². The van der Waals surface area contributed by atoms with Crippen molar-refractivity contribution < 1.29 is 4.79 Å². The first kappa shape index (κ1) is 11.9. The highest BCUT2D eigenvalue weighted by Crippen LogP contribution is 2.11. The number of rotatable bonds is 1. The Morgan fingerprint density at radius 3 is 3.13 bits per heavy atom. The Balaban J connectivity index is 0.00000112. The molecule has 1 amide bonds. The molecule has 0 aliphatic carbocycles. The van der Waals surface area contributed by atoms with Crippen LogP contribution in [0, 0.1) is 0 Å². The summed E-state index contributed by atoms with van der Waals surface area (Å²) in [6, 6.07) is 0. The van der Waals surface area contributed by atoms with Crippen molar-refractivity contribution in [2.75, 3.05) is 11.9 Å². The number of hydrogen-bond donors (Lipinski definition) is 2. The number of fused-ring (bicyclic) bond motifs is 1. The zero-order valence-electron chi connectivity index (χ0n) is 8.41. The molecule has 15 heavy (non-hydrogen) atoms. The van der Waals surface area contributed by atoms with Crippen molar-refractivity contribution in [3.63, 3.8) is 0 Å². The fraction of sp³-hybridized carbons (Fsp3) is 0.444. The maximum atomic E-state index is 10.8. The minimum Gasteiger partial charge on any atom is -0.312 e. The molecule has 0 saturated carbocycles. The molecule has 2 N–H and O–H groups in total. The van der Waals surface area contributed by atoms with Gasteiger partial charge in [-0.25, -0.2) is 9.97 Å². The van der Waals surface area contributed by atoms with Crippen LogP contribution in [0.1, 0.15) is 18.2 Å². The van der Waals surface area contributed by atoms with Gasteiger partial charge in [-0.15, -0.1) is 12.4 Å². The molecule has 1 aliphatic heterocycles. The lowest BCUT2D eigenvalue weighted by molar-refractivity contribution is -0.114. The van der Waals surface area contributed by atoms with Gasteiger partial charge in [0.05, 0.1) is 5.69 Å². The van der Waals surface area contributed by atoms with Crippen LogP contribution in [-0.4, -0.2) is 22.4 Å². The highest BCUT2D eigenvalue weighted by molar-refractivity contribution is 5.86. The van der Waals surface area contributed by atoms with E-state index in [4.69, 9.17) is 0 Å². The quantitative estimate of drug-likeness (QED) is 0.735. The molecule has 0 radical (unpaired) electrons. The van der Waals surface area contributed by atoms with Crippen molar-refractivity contribution in [3.8, 4) is 0 Å². The van der Waals surface area contributed by atoms with Gasteiger partial charge in [-0.05, 0) is 0 Å². The molecule has 0 unspecified atom stereocenters. The summed E-state index contributed by atoms with van der Waals surface area (Å²) in [5, 5.41) is 5.81. The Bertz CT molecular complexity index is 369. The summed E-state index contributed by atoms with van der Waals surface area (Å²) in [4.78, 5) is 19.1. The van der Waals surface area contributed by atoms with E-state index < -0.39 is 0 Å². The second kappa shape index (κ2) is 5.04. The minimum atomic E-state index is -0.140. The molecule has 6 heteroatoms. The van der Waals surface area contributed by atoms with Gasteiger partial charge in [0.15, 0.2) is 0 Å². The lowest BCUT2D eigenvalue weighted by Crippen LogP contribution is -2.25. The van der Waals surface area contributed by atoms with E-state index >= 15 is 0 Å². The van der Waals surface area contributed by atoms with Crippen LogP contribution in [0.15, 0.2) is 6.20 Å². The summed E-state index contributed by atoms with van der Waals surface area (Å²) < 4.78 is 0. The average Bonchev–Trinajstić information content (AvgIpc) is 2.17. The second-order valence-corrected chi connectivity index (χ2v) is 3.27. The lowest BCUT2D eigenvalue weighted by atomic mass is 10.1. The van der Waals surface area contributed by atoms with Crippen molar-refractivity contribution in [1.82, 2.24) is 15.3 Å². The number of aromatic nitrogens is 2. The van der Waals surface area contributed by atoms with Gasteiger partial charge in [0.2, 0.25) is 11.9 Å². The Morgan fingerprint density at radius 2 is 2.40 bits per heavy atom. The molecule has 0 aromatic carbocycles. The van der Waals surface area contributed by atoms with E-state index in [1.807, 2.05) is 0 Å². The van der Waals surface area contributed by atoms with Gasteiger partial charge >= 0.3 is 0 Å². The molecule has 2 heterocycles. The number of halogens is 1. The maximum Gasteiger partial charge on any atom is 0.229 e. The lowest BCUT2D eigenvalue weighted by Gasteiger charge is -2.15. The fourth-order valence-electron chi connectivity index (χ4n) is 1.45. The monoisotopic (exact) mass is 228 g/mol. The summed E-state index contributed by atoms with van der Waals surface area (Å²) >= 11 is 0. The van der Waals surface area contributed by atoms with Gasteiger partial charge in [-0.2, -0.15) is 0 Å². The molecular formula is C9H13ClN4O. The molecule has 0 fully saturated rings. The number of carbonyl (C=O) groups is 1. The van der Waals surface area contributed by atoms with Crippen LogP contribution in [-0.2, 0) is 17.8 Å². The SMILES string of the molecule is CC(=O)Nc1ncc2c(n1)CCNC2.Cl. The van der Waals surface area contributed by atoms with Gasteiger partial charge in [0.25, 0.3) is 0 Å². The second-order valence-electron chi connectivity index (χ2n) is 3.27. The highest BCUT2D eigenvalue weighted by atomic mass is 35.5. The summed E-state index contributed by atoms with van der Waals surface area (Å²) in [6.45, 7) is 3.20. The summed E-state index contributed by atoms with van der Waals surface area (Å²) in [5.41, 5.74) is 2.15. The minimum absolute atomic E-state index is 0. The van der Waals surface area contributed by atoms with E-state index in [0.29, 0.717) is 5.95 Å². The number of carbonyl (C=O) groups excluding carboxylic acids is 1. The first-order chi connectivity index (χ1) is 6.75. The molecule has 1 aliphatic rings. The Labute approximate surface area is 94.1 Å². The molecule has 0 atom stereocenters. The molecule has 82 valence electrons. The van der Waals surface area contributed by atoms with E-state index in [0.717, 1.165) is 30.8 Å². The third-order valence-corrected chi connectivity index (χ3v) is 2.10. The third-order valence-electron chi connectivity index (χ3n) is 2.10. The van der Waals surface area contributed by atoms with Crippen molar-refractivity contribution in [2.45, 2.75) is 19.9 Å². The smallest absolute Gasteiger partial charge is 0.229 e. The Kier molecular flexibility index (Phi) is 3.99. The molecule has 2 rings (SSSR count). The van der Waals surface area contributed by atoms with E-state index in [-0.39, 0.29) is 18.3 Å². The molecular weight excluding hydrogens is 216 g/mol. The van der Waals surface area contributed by atoms with Crippen LogP contribution in [0.2, 0.25) is 0 Å². The number of amides is 1. The predicted octanol–water partition coefficient (Wildman–Crippen LogP) is 0.502. The van der Waals surface area contributed by atoms with E-state index in [2.05, 4.69) is 20.6 Å². The van der Waals surface area contributed by atoms with Crippen LogP contribution in [0.4, 0.5) is 5.95 Å². The third kappa shape index (κ3) is 2.87. The van der Waals surface area contributed by atoms with Crippen molar-refractivity contribution in [1.29, 1.82) is 0 Å². The topological polar surface area (TPSA) is 66.9 Å².